The Labute approximate surface area is 207 Å². The van der Waals surface area contributed by atoms with E-state index in [2.05, 4.69) is 32.0 Å². The van der Waals surface area contributed by atoms with Gasteiger partial charge in [0.15, 0.2) is 0 Å². The number of nitrogens with one attached hydrogen (secondary N) is 3. The zero-order valence-corrected chi connectivity index (χ0v) is 20.4. The van der Waals surface area contributed by atoms with Crippen molar-refractivity contribution in [2.45, 2.75) is 32.2 Å². The van der Waals surface area contributed by atoms with Crippen LogP contribution in [0.2, 0.25) is 0 Å². The molecule has 8 nitrogen and oxygen atoms in total. The smallest absolute Gasteiger partial charge is 0.319 e. The molecule has 1 aliphatic carbocycles. The topological polar surface area (TPSA) is 101 Å². The molecule has 2 heterocycles. The molecule has 2 aromatic heterocycles. The Morgan fingerprint density at radius 1 is 1.17 bits per heavy atom. The molecule has 0 aliphatic heterocycles. The Morgan fingerprint density at radius 3 is 2.78 bits per heavy atom. The van der Waals surface area contributed by atoms with E-state index in [1.54, 1.807) is 33.3 Å². The Balaban J connectivity index is 1.47. The van der Waals surface area contributed by atoms with Crippen molar-refractivity contribution < 1.29 is 9.18 Å². The normalized spacial score (nSPS) is 14.8. The SMILES string of the molecule is CNc1ncc2cc(-c3cc(NC(=O)NC4CCCc5ccccc54)c(F)cc3C)c(=O)n(C)c2n1. The molecule has 0 radical (unpaired) electrons. The molecule has 1 aliphatic rings. The summed E-state index contributed by atoms with van der Waals surface area (Å²) in [7, 11) is 3.33. The first-order chi connectivity index (χ1) is 17.4. The number of hydrogen-bond donors (Lipinski definition) is 3. The van der Waals surface area contributed by atoms with Gasteiger partial charge >= 0.3 is 6.03 Å². The second-order valence-electron chi connectivity index (χ2n) is 9.03. The minimum absolute atomic E-state index is 0.00104. The van der Waals surface area contributed by atoms with Crippen molar-refractivity contribution >= 4 is 28.7 Å². The third-order valence-electron chi connectivity index (χ3n) is 6.70. The van der Waals surface area contributed by atoms with E-state index in [0.717, 1.165) is 24.8 Å². The molecule has 5 rings (SSSR count). The lowest BCUT2D eigenvalue weighted by Crippen LogP contribution is -2.34. The quantitative estimate of drug-likeness (QED) is 0.389. The maximum Gasteiger partial charge on any atom is 0.319 e. The van der Waals surface area contributed by atoms with Crippen LogP contribution in [0.5, 0.6) is 0 Å². The molecule has 4 aromatic rings. The maximum atomic E-state index is 14.9. The Bertz CT molecular complexity index is 1550. The van der Waals surface area contributed by atoms with Crippen molar-refractivity contribution in [2.24, 2.45) is 7.05 Å². The number of urea groups is 1. The van der Waals surface area contributed by atoms with E-state index in [9.17, 15) is 14.0 Å². The summed E-state index contributed by atoms with van der Waals surface area (Å²) in [5, 5.41) is 9.15. The molecule has 2 aromatic carbocycles. The van der Waals surface area contributed by atoms with Gasteiger partial charge in [-0.25, -0.2) is 14.2 Å². The zero-order valence-electron chi connectivity index (χ0n) is 20.4. The van der Waals surface area contributed by atoms with Crippen LogP contribution >= 0.6 is 0 Å². The molecular formula is C27H27FN6O2. The minimum atomic E-state index is -0.574. The van der Waals surface area contributed by atoms with E-state index in [4.69, 9.17) is 0 Å². The number of carbonyl (C=O) groups is 1. The van der Waals surface area contributed by atoms with Crippen LogP contribution in [0, 0.1) is 12.7 Å². The molecule has 0 bridgehead atoms. The first kappa shape index (κ1) is 23.5. The van der Waals surface area contributed by atoms with Crippen LogP contribution in [-0.4, -0.2) is 27.6 Å². The number of amides is 2. The van der Waals surface area contributed by atoms with Crippen LogP contribution in [0.25, 0.3) is 22.2 Å². The standard InChI is InChI=1S/C27H27FN6O2/c1-15-11-21(28)23(32-27(36)31-22-10-6-8-16-7-4-5-9-18(16)22)13-19(15)20-12-17-14-30-26(29-2)33-24(17)34(3)25(20)35/h4-5,7,9,11-14,22H,6,8,10H2,1-3H3,(H,29,30,33)(H2,31,32,36). The molecule has 0 saturated carbocycles. The Kier molecular flexibility index (Phi) is 6.13. The van der Waals surface area contributed by atoms with Crippen molar-refractivity contribution in [1.29, 1.82) is 0 Å². The zero-order chi connectivity index (χ0) is 25.4. The Hall–Kier alpha value is -4.27. The second-order valence-corrected chi connectivity index (χ2v) is 9.03. The number of halogens is 1. The lowest BCUT2D eigenvalue weighted by molar-refractivity contribution is 0.247. The van der Waals surface area contributed by atoms with Crippen LogP contribution in [0.4, 0.5) is 20.8 Å². The van der Waals surface area contributed by atoms with Crippen molar-refractivity contribution in [1.82, 2.24) is 19.9 Å². The number of benzene rings is 2. The number of nitrogens with zero attached hydrogens (tertiary/aromatic N) is 3. The molecule has 0 spiro atoms. The van der Waals surface area contributed by atoms with Gasteiger partial charge in [-0.2, -0.15) is 4.98 Å². The first-order valence-electron chi connectivity index (χ1n) is 11.9. The first-order valence-corrected chi connectivity index (χ1v) is 11.9. The van der Waals surface area contributed by atoms with Crippen molar-refractivity contribution in [2.75, 3.05) is 17.7 Å². The highest BCUT2D eigenvalue weighted by molar-refractivity contribution is 5.91. The molecule has 9 heteroatoms. The molecule has 3 N–H and O–H groups in total. The summed E-state index contributed by atoms with van der Waals surface area (Å²) in [6, 6.07) is 11.9. The molecule has 0 saturated heterocycles. The predicted molar refractivity (Wildman–Crippen MR) is 139 cm³/mol. The Morgan fingerprint density at radius 2 is 1.97 bits per heavy atom. The molecule has 1 unspecified atom stereocenters. The third-order valence-corrected chi connectivity index (χ3v) is 6.70. The van der Waals surface area contributed by atoms with Gasteiger partial charge < -0.3 is 16.0 Å². The van der Waals surface area contributed by atoms with E-state index < -0.39 is 11.8 Å². The fourth-order valence-electron chi connectivity index (χ4n) is 4.84. The van der Waals surface area contributed by atoms with E-state index in [1.165, 1.54) is 22.3 Å². The molecule has 0 fully saturated rings. The van der Waals surface area contributed by atoms with Crippen molar-refractivity contribution in [3.8, 4) is 11.1 Å². The fraction of sp³-hybridized carbons (Fsp3) is 0.259. The highest BCUT2D eigenvalue weighted by atomic mass is 19.1. The lowest BCUT2D eigenvalue weighted by atomic mass is 9.88. The number of carbonyl (C=O) groups excluding carboxylic acids is 1. The molecular weight excluding hydrogens is 459 g/mol. The molecule has 184 valence electrons. The number of fused-ring (bicyclic) bond motifs is 2. The maximum absolute atomic E-state index is 14.9. The number of hydrogen-bond acceptors (Lipinski definition) is 5. The summed E-state index contributed by atoms with van der Waals surface area (Å²) >= 11 is 0. The highest BCUT2D eigenvalue weighted by Crippen LogP contribution is 2.31. The van der Waals surface area contributed by atoms with Gasteiger partial charge in [0.25, 0.3) is 5.56 Å². The van der Waals surface area contributed by atoms with Crippen LogP contribution in [0.15, 0.2) is 53.5 Å². The van der Waals surface area contributed by atoms with Gasteiger partial charge in [0.2, 0.25) is 5.95 Å². The largest absolute Gasteiger partial charge is 0.357 e. The minimum Gasteiger partial charge on any atom is -0.357 e. The number of anilines is 2. The van der Waals surface area contributed by atoms with Gasteiger partial charge in [0.05, 0.1) is 11.7 Å². The predicted octanol–water partition coefficient (Wildman–Crippen LogP) is 4.68. The van der Waals surface area contributed by atoms with Crippen LogP contribution < -0.4 is 21.5 Å². The van der Waals surface area contributed by atoms with E-state index in [-0.39, 0.29) is 17.3 Å². The highest BCUT2D eigenvalue weighted by Gasteiger charge is 2.22. The third kappa shape index (κ3) is 4.28. The van der Waals surface area contributed by atoms with E-state index in [0.29, 0.717) is 33.7 Å². The van der Waals surface area contributed by atoms with Gasteiger partial charge in [-0.15, -0.1) is 0 Å². The average molecular weight is 487 g/mol. The van der Waals surface area contributed by atoms with E-state index in [1.807, 2.05) is 18.2 Å². The van der Waals surface area contributed by atoms with E-state index >= 15 is 0 Å². The number of aryl methyl sites for hydroxylation is 3. The van der Waals surface area contributed by atoms with Gasteiger partial charge in [-0.1, -0.05) is 24.3 Å². The van der Waals surface area contributed by atoms with Gasteiger partial charge in [0, 0.05) is 31.2 Å². The van der Waals surface area contributed by atoms with Gasteiger partial charge in [0.1, 0.15) is 11.5 Å². The monoisotopic (exact) mass is 486 g/mol. The van der Waals surface area contributed by atoms with Crippen LogP contribution in [0.3, 0.4) is 0 Å². The van der Waals surface area contributed by atoms with Crippen LogP contribution in [0.1, 0.15) is 35.6 Å². The fourth-order valence-corrected chi connectivity index (χ4v) is 4.84. The van der Waals surface area contributed by atoms with Crippen LogP contribution in [-0.2, 0) is 13.5 Å². The summed E-state index contributed by atoms with van der Waals surface area (Å²) in [5.41, 5.74) is 3.97. The van der Waals surface area contributed by atoms with Gasteiger partial charge in [-0.05, 0) is 66.6 Å². The summed E-state index contributed by atoms with van der Waals surface area (Å²) < 4.78 is 16.3. The van der Waals surface area contributed by atoms with Crippen molar-refractivity contribution in [3.63, 3.8) is 0 Å². The summed E-state index contributed by atoms with van der Waals surface area (Å²) in [6.07, 6.45) is 4.39. The lowest BCUT2D eigenvalue weighted by Gasteiger charge is -2.26. The molecule has 2 amide bonds. The second kappa shape index (κ2) is 9.41. The number of rotatable bonds is 4. The van der Waals surface area contributed by atoms with Gasteiger partial charge in [-0.3, -0.25) is 9.36 Å². The summed E-state index contributed by atoms with van der Waals surface area (Å²) in [4.78, 5) is 34.7. The van der Waals surface area contributed by atoms with Crippen molar-refractivity contribution in [3.05, 3.63) is 81.5 Å². The molecule has 36 heavy (non-hydrogen) atoms. The average Bonchev–Trinajstić information content (AvgIpc) is 2.88. The number of aromatic nitrogens is 3. The number of pyridine rings is 1. The molecule has 1 atom stereocenters. The summed E-state index contributed by atoms with van der Waals surface area (Å²) in [6.45, 7) is 1.73. The summed E-state index contributed by atoms with van der Waals surface area (Å²) in [5.74, 6) is -0.170.